The van der Waals surface area contributed by atoms with Gasteiger partial charge in [0, 0.05) is 0 Å². The molecule has 0 radical (unpaired) electrons. The average molecular weight is 196 g/mol. The van der Waals surface area contributed by atoms with E-state index in [2.05, 4.69) is 0 Å². The third-order valence-corrected chi connectivity index (χ3v) is 2.31. The minimum Gasteiger partial charge on any atom is -0.490 e. The topological polar surface area (TPSA) is 9.23 Å². The van der Waals surface area contributed by atoms with Crippen LogP contribution in [0, 0.1) is 17.6 Å². The van der Waals surface area contributed by atoms with Gasteiger partial charge in [-0.05, 0) is 30.9 Å². The Hall–Kier alpha value is -1.06. The first-order valence-corrected chi connectivity index (χ1v) is 4.75. The van der Waals surface area contributed by atoms with Gasteiger partial charge < -0.3 is 4.74 Å². The highest BCUT2D eigenvalue weighted by Gasteiger charge is 2.23. The van der Waals surface area contributed by atoms with E-state index in [1.807, 2.05) is 0 Å². The molecule has 1 aromatic rings. The SMILES string of the molecule is Bc1cc(F)c(F)c(OCC2CC2)c1. The maximum atomic E-state index is 13.2. The summed E-state index contributed by atoms with van der Waals surface area (Å²) in [6.45, 7) is 0.500. The standard InChI is InChI=1S/C10H11BF2O/c11-7-3-8(12)10(13)9(4-7)14-5-6-1-2-6/h3-4,6H,1-2,5,11H2. The molecule has 0 heterocycles. The lowest BCUT2D eigenvalue weighted by atomic mass is 9.96. The quantitative estimate of drug-likeness (QED) is 0.655. The van der Waals surface area contributed by atoms with Crippen molar-refractivity contribution in [1.29, 1.82) is 0 Å². The number of hydrogen-bond donors (Lipinski definition) is 0. The monoisotopic (exact) mass is 196 g/mol. The van der Waals surface area contributed by atoms with Crippen LogP contribution in [0.3, 0.4) is 0 Å². The lowest BCUT2D eigenvalue weighted by Crippen LogP contribution is -2.09. The fourth-order valence-electron chi connectivity index (χ4n) is 1.29. The van der Waals surface area contributed by atoms with Gasteiger partial charge in [-0.3, -0.25) is 0 Å². The van der Waals surface area contributed by atoms with Crippen molar-refractivity contribution in [3.8, 4) is 5.75 Å². The van der Waals surface area contributed by atoms with E-state index in [4.69, 9.17) is 4.74 Å². The minimum absolute atomic E-state index is 0.0365. The first-order valence-electron chi connectivity index (χ1n) is 4.75. The highest BCUT2D eigenvalue weighted by atomic mass is 19.2. The number of ether oxygens (including phenoxy) is 1. The van der Waals surface area contributed by atoms with E-state index >= 15 is 0 Å². The Balaban J connectivity index is 2.13. The number of halogens is 2. The van der Waals surface area contributed by atoms with Crippen molar-refractivity contribution in [2.75, 3.05) is 6.61 Å². The van der Waals surface area contributed by atoms with Crippen LogP contribution in [0.25, 0.3) is 0 Å². The lowest BCUT2D eigenvalue weighted by molar-refractivity contribution is 0.280. The van der Waals surface area contributed by atoms with Crippen molar-refractivity contribution in [1.82, 2.24) is 0 Å². The second-order valence-corrected chi connectivity index (χ2v) is 3.81. The number of rotatable bonds is 3. The zero-order chi connectivity index (χ0) is 10.1. The molecule has 1 nitrogen and oxygen atoms in total. The van der Waals surface area contributed by atoms with E-state index in [1.54, 1.807) is 7.85 Å². The van der Waals surface area contributed by atoms with Crippen molar-refractivity contribution in [2.45, 2.75) is 12.8 Å². The largest absolute Gasteiger partial charge is 0.490 e. The van der Waals surface area contributed by atoms with Crippen molar-refractivity contribution in [3.05, 3.63) is 23.8 Å². The number of hydrogen-bond acceptors (Lipinski definition) is 1. The molecule has 0 atom stereocenters. The van der Waals surface area contributed by atoms with Crippen LogP contribution in [-0.2, 0) is 0 Å². The van der Waals surface area contributed by atoms with Crippen molar-refractivity contribution >= 4 is 13.3 Å². The molecule has 1 saturated carbocycles. The van der Waals surface area contributed by atoms with E-state index in [0.29, 0.717) is 18.0 Å². The normalized spacial score (nSPS) is 15.6. The summed E-state index contributed by atoms with van der Waals surface area (Å²) in [6.07, 6.45) is 2.27. The van der Waals surface area contributed by atoms with E-state index in [0.717, 1.165) is 12.8 Å². The molecule has 1 aromatic carbocycles. The van der Waals surface area contributed by atoms with E-state index in [1.165, 1.54) is 12.1 Å². The minimum atomic E-state index is -0.878. The average Bonchev–Trinajstić information content (AvgIpc) is 2.92. The molecular weight excluding hydrogens is 185 g/mol. The Morgan fingerprint density at radius 2 is 2.07 bits per heavy atom. The Kier molecular flexibility index (Phi) is 2.44. The maximum absolute atomic E-state index is 13.2. The lowest BCUT2D eigenvalue weighted by Gasteiger charge is -2.07. The molecule has 2 rings (SSSR count). The molecule has 1 fully saturated rings. The fourth-order valence-corrected chi connectivity index (χ4v) is 1.29. The predicted octanol–water partition coefficient (Wildman–Crippen LogP) is 1.01. The van der Waals surface area contributed by atoms with Crippen LogP contribution in [0.2, 0.25) is 0 Å². The molecular formula is C10H11BF2O. The third kappa shape index (κ3) is 2.06. The van der Waals surface area contributed by atoms with Crippen molar-refractivity contribution < 1.29 is 13.5 Å². The van der Waals surface area contributed by atoms with Crippen LogP contribution in [0.15, 0.2) is 12.1 Å². The Morgan fingerprint density at radius 1 is 1.36 bits per heavy atom. The van der Waals surface area contributed by atoms with Gasteiger partial charge in [-0.25, -0.2) is 4.39 Å². The molecule has 0 spiro atoms. The van der Waals surface area contributed by atoms with Gasteiger partial charge in [-0.1, -0.05) is 5.46 Å². The van der Waals surface area contributed by atoms with E-state index in [-0.39, 0.29) is 5.75 Å². The Bertz CT molecular complexity index is 350. The maximum Gasteiger partial charge on any atom is 0.200 e. The summed E-state index contributed by atoms with van der Waals surface area (Å²) in [5.74, 6) is -1.14. The summed E-state index contributed by atoms with van der Waals surface area (Å²) < 4.78 is 31.3. The molecule has 0 aromatic heterocycles. The predicted molar refractivity (Wildman–Crippen MR) is 52.8 cm³/mol. The van der Waals surface area contributed by atoms with Crippen LogP contribution in [-0.4, -0.2) is 14.5 Å². The van der Waals surface area contributed by atoms with Gasteiger partial charge in [0.15, 0.2) is 11.6 Å². The zero-order valence-corrected chi connectivity index (χ0v) is 8.02. The summed E-state index contributed by atoms with van der Waals surface area (Å²) in [4.78, 5) is 0. The summed E-state index contributed by atoms with van der Waals surface area (Å²) >= 11 is 0. The molecule has 0 aliphatic heterocycles. The van der Waals surface area contributed by atoms with Crippen LogP contribution >= 0.6 is 0 Å². The summed E-state index contributed by atoms with van der Waals surface area (Å²) in [7, 11) is 1.71. The van der Waals surface area contributed by atoms with E-state index < -0.39 is 11.6 Å². The van der Waals surface area contributed by atoms with E-state index in [9.17, 15) is 8.78 Å². The molecule has 0 amide bonds. The van der Waals surface area contributed by atoms with Gasteiger partial charge in [0.2, 0.25) is 5.82 Å². The van der Waals surface area contributed by atoms with Crippen molar-refractivity contribution in [3.63, 3.8) is 0 Å². The highest BCUT2D eigenvalue weighted by molar-refractivity contribution is 6.32. The first-order chi connectivity index (χ1) is 6.66. The summed E-state index contributed by atoms with van der Waals surface area (Å²) in [5, 5.41) is 0. The molecule has 0 saturated heterocycles. The molecule has 14 heavy (non-hydrogen) atoms. The number of benzene rings is 1. The van der Waals surface area contributed by atoms with Crippen LogP contribution in [0.1, 0.15) is 12.8 Å². The van der Waals surface area contributed by atoms with Gasteiger partial charge in [-0.15, -0.1) is 0 Å². The van der Waals surface area contributed by atoms with Gasteiger partial charge in [0.25, 0.3) is 0 Å². The third-order valence-electron chi connectivity index (χ3n) is 2.31. The summed E-state index contributed by atoms with van der Waals surface area (Å²) in [6, 6.07) is 2.69. The molecule has 74 valence electrons. The Labute approximate surface area is 82.5 Å². The molecule has 0 bridgehead atoms. The van der Waals surface area contributed by atoms with Crippen molar-refractivity contribution in [2.24, 2.45) is 5.92 Å². The van der Waals surface area contributed by atoms with Gasteiger partial charge in [-0.2, -0.15) is 4.39 Å². The summed E-state index contributed by atoms with van der Waals surface area (Å²) in [5.41, 5.74) is 0.676. The smallest absolute Gasteiger partial charge is 0.200 e. The molecule has 4 heteroatoms. The van der Waals surface area contributed by atoms with Crippen LogP contribution in [0.5, 0.6) is 5.75 Å². The molecule has 1 aliphatic rings. The second-order valence-electron chi connectivity index (χ2n) is 3.81. The molecule has 1 aliphatic carbocycles. The fraction of sp³-hybridized carbons (Fsp3) is 0.400. The highest BCUT2D eigenvalue weighted by Crippen LogP contribution is 2.30. The Morgan fingerprint density at radius 3 is 2.71 bits per heavy atom. The second kappa shape index (κ2) is 3.60. The van der Waals surface area contributed by atoms with Crippen LogP contribution < -0.4 is 10.2 Å². The van der Waals surface area contributed by atoms with Gasteiger partial charge in [0.1, 0.15) is 7.85 Å². The van der Waals surface area contributed by atoms with Crippen LogP contribution in [0.4, 0.5) is 8.78 Å². The van der Waals surface area contributed by atoms with Gasteiger partial charge in [0.05, 0.1) is 6.61 Å². The first kappa shape index (κ1) is 9.50. The molecule has 0 N–H and O–H groups in total. The molecule has 0 unspecified atom stereocenters. The van der Waals surface area contributed by atoms with Gasteiger partial charge >= 0.3 is 0 Å². The zero-order valence-electron chi connectivity index (χ0n) is 8.02.